The van der Waals surface area contributed by atoms with Crippen LogP contribution in [-0.4, -0.2) is 30.8 Å². The van der Waals surface area contributed by atoms with Crippen molar-refractivity contribution in [2.45, 2.75) is 25.7 Å². The average Bonchev–Trinajstić information content (AvgIpc) is 2.71. The summed E-state index contributed by atoms with van der Waals surface area (Å²) in [6.07, 6.45) is 2.38. The molecule has 1 N–H and O–H groups in total. The topological polar surface area (TPSA) is 72.5 Å². The number of ketones is 1. The monoisotopic (exact) mass is 421 g/mol. The maximum absolute atomic E-state index is 12.0. The van der Waals surface area contributed by atoms with Crippen molar-refractivity contribution in [2.24, 2.45) is 0 Å². The number of amides is 1. The molecule has 0 heterocycles. The highest BCUT2D eigenvalue weighted by molar-refractivity contribution is 6.42. The Hall–Kier alpha value is -2.37. The van der Waals surface area contributed by atoms with Crippen molar-refractivity contribution < 1.29 is 19.1 Å². The van der Waals surface area contributed by atoms with Gasteiger partial charge in [0, 0.05) is 24.1 Å². The van der Waals surface area contributed by atoms with E-state index in [4.69, 9.17) is 27.9 Å². The van der Waals surface area contributed by atoms with Gasteiger partial charge in [-0.2, -0.15) is 0 Å². The highest BCUT2D eigenvalue weighted by atomic mass is 35.5. The Morgan fingerprint density at radius 3 is 2.32 bits per heavy atom. The summed E-state index contributed by atoms with van der Waals surface area (Å²) < 4.78 is 5.00. The summed E-state index contributed by atoms with van der Waals surface area (Å²) >= 11 is 11.7. The number of nitrogens with one attached hydrogen (secondary N) is 1. The zero-order valence-corrected chi connectivity index (χ0v) is 16.8. The summed E-state index contributed by atoms with van der Waals surface area (Å²) in [5, 5.41) is 3.47. The largest absolute Gasteiger partial charge is 0.457 e. The van der Waals surface area contributed by atoms with Crippen LogP contribution in [-0.2, 0) is 9.53 Å². The third-order valence-corrected chi connectivity index (χ3v) is 4.72. The molecule has 0 saturated heterocycles. The first-order valence-electron chi connectivity index (χ1n) is 8.94. The first-order chi connectivity index (χ1) is 13.5. The second-order valence-corrected chi connectivity index (χ2v) is 6.96. The van der Waals surface area contributed by atoms with Crippen LogP contribution in [0.1, 0.15) is 46.4 Å². The van der Waals surface area contributed by atoms with Gasteiger partial charge in [0.15, 0.2) is 12.4 Å². The molecule has 2 aromatic carbocycles. The van der Waals surface area contributed by atoms with Crippen LogP contribution < -0.4 is 5.32 Å². The number of carbonyl (C=O) groups excluding carboxylic acids is 3. The quantitative estimate of drug-likeness (QED) is 0.342. The van der Waals surface area contributed by atoms with Crippen molar-refractivity contribution in [3.63, 3.8) is 0 Å². The van der Waals surface area contributed by atoms with Gasteiger partial charge in [-0.25, -0.2) is 0 Å². The molecule has 7 heteroatoms. The van der Waals surface area contributed by atoms with Gasteiger partial charge in [-0.05, 0) is 43.2 Å². The van der Waals surface area contributed by atoms with Crippen LogP contribution in [0.15, 0.2) is 48.5 Å². The fourth-order valence-electron chi connectivity index (χ4n) is 2.44. The van der Waals surface area contributed by atoms with E-state index in [1.807, 2.05) is 18.2 Å². The van der Waals surface area contributed by atoms with Crippen LogP contribution in [0.2, 0.25) is 10.0 Å². The van der Waals surface area contributed by atoms with Gasteiger partial charge in [-0.1, -0.05) is 47.8 Å². The molecule has 28 heavy (non-hydrogen) atoms. The van der Waals surface area contributed by atoms with Gasteiger partial charge in [0.2, 0.25) is 0 Å². The van der Waals surface area contributed by atoms with E-state index in [9.17, 15) is 14.4 Å². The second-order valence-electron chi connectivity index (χ2n) is 6.15. The number of Topliss-reactive ketones (excluding diaryl/α,β-unsaturated/α-hetero) is 1. The molecular weight excluding hydrogens is 401 g/mol. The van der Waals surface area contributed by atoms with Gasteiger partial charge in [0.1, 0.15) is 0 Å². The van der Waals surface area contributed by atoms with Crippen molar-refractivity contribution in [3.8, 4) is 0 Å². The lowest BCUT2D eigenvalue weighted by Crippen LogP contribution is -2.24. The van der Waals surface area contributed by atoms with Crippen LogP contribution in [0.3, 0.4) is 0 Å². The molecule has 0 bridgehead atoms. The lowest BCUT2D eigenvalue weighted by atomic mass is 10.1. The van der Waals surface area contributed by atoms with E-state index >= 15 is 0 Å². The van der Waals surface area contributed by atoms with E-state index < -0.39 is 5.97 Å². The third kappa shape index (κ3) is 7.33. The summed E-state index contributed by atoms with van der Waals surface area (Å²) in [5.74, 6) is -0.877. The third-order valence-electron chi connectivity index (χ3n) is 3.99. The van der Waals surface area contributed by atoms with E-state index in [1.165, 1.54) is 18.2 Å². The number of hydrogen-bond donors (Lipinski definition) is 1. The van der Waals surface area contributed by atoms with Gasteiger partial charge in [0.25, 0.3) is 5.91 Å². The molecule has 0 aliphatic heterocycles. The number of benzene rings is 2. The number of carbonyl (C=O) groups is 3. The Morgan fingerprint density at radius 1 is 0.857 bits per heavy atom. The molecule has 0 aromatic heterocycles. The molecule has 2 aromatic rings. The van der Waals surface area contributed by atoms with Gasteiger partial charge < -0.3 is 10.1 Å². The molecule has 5 nitrogen and oxygen atoms in total. The van der Waals surface area contributed by atoms with Crippen LogP contribution >= 0.6 is 23.2 Å². The molecule has 148 valence electrons. The predicted molar refractivity (Wildman–Crippen MR) is 109 cm³/mol. The SMILES string of the molecule is O=C(CCCCCNC(=O)c1ccccc1)OCC(=O)c1ccc(Cl)c(Cl)c1. The number of unbranched alkanes of at least 4 members (excludes halogenated alkanes) is 2. The fourth-order valence-corrected chi connectivity index (χ4v) is 2.73. The first-order valence-corrected chi connectivity index (χ1v) is 9.70. The average molecular weight is 422 g/mol. The number of halogens is 2. The number of esters is 1. The molecule has 0 atom stereocenters. The van der Waals surface area contributed by atoms with Crippen molar-refractivity contribution in [2.75, 3.05) is 13.2 Å². The molecule has 0 spiro atoms. The van der Waals surface area contributed by atoms with E-state index in [1.54, 1.807) is 12.1 Å². The van der Waals surface area contributed by atoms with Crippen molar-refractivity contribution in [1.82, 2.24) is 5.32 Å². The van der Waals surface area contributed by atoms with Gasteiger partial charge >= 0.3 is 5.97 Å². The zero-order chi connectivity index (χ0) is 20.4. The predicted octanol–water partition coefficient (Wildman–Crippen LogP) is 4.71. The van der Waals surface area contributed by atoms with Crippen LogP contribution in [0.5, 0.6) is 0 Å². The van der Waals surface area contributed by atoms with Gasteiger partial charge in [-0.15, -0.1) is 0 Å². The Morgan fingerprint density at radius 2 is 1.61 bits per heavy atom. The number of rotatable bonds is 10. The Kier molecular flexibility index (Phi) is 8.98. The number of ether oxygens (including phenoxy) is 1. The van der Waals surface area contributed by atoms with E-state index in [0.717, 1.165) is 12.8 Å². The van der Waals surface area contributed by atoms with Crippen LogP contribution in [0, 0.1) is 0 Å². The summed E-state index contributed by atoms with van der Waals surface area (Å²) in [7, 11) is 0. The Labute approximate surface area is 174 Å². The molecule has 1 amide bonds. The Bertz CT molecular complexity index is 824. The summed E-state index contributed by atoms with van der Waals surface area (Å²) in [5.41, 5.74) is 0.967. The van der Waals surface area contributed by atoms with E-state index in [-0.39, 0.29) is 29.7 Å². The second kappa shape index (κ2) is 11.5. The van der Waals surface area contributed by atoms with E-state index in [2.05, 4.69) is 5.32 Å². The summed E-state index contributed by atoms with van der Waals surface area (Å²) in [6, 6.07) is 13.5. The minimum absolute atomic E-state index is 0.110. The summed E-state index contributed by atoms with van der Waals surface area (Å²) in [6.45, 7) is 0.211. The van der Waals surface area contributed by atoms with Gasteiger partial charge in [-0.3, -0.25) is 14.4 Å². The smallest absolute Gasteiger partial charge is 0.306 e. The minimum atomic E-state index is -0.429. The van der Waals surface area contributed by atoms with Crippen molar-refractivity contribution in [3.05, 3.63) is 69.7 Å². The normalized spacial score (nSPS) is 10.4. The molecule has 0 unspecified atom stereocenters. The Balaban J connectivity index is 1.57. The maximum Gasteiger partial charge on any atom is 0.306 e. The minimum Gasteiger partial charge on any atom is -0.457 e. The van der Waals surface area contributed by atoms with Crippen LogP contribution in [0.4, 0.5) is 0 Å². The number of hydrogen-bond acceptors (Lipinski definition) is 4. The van der Waals surface area contributed by atoms with Gasteiger partial charge in [0.05, 0.1) is 10.0 Å². The molecule has 0 radical (unpaired) electrons. The van der Waals surface area contributed by atoms with Crippen LogP contribution in [0.25, 0.3) is 0 Å². The van der Waals surface area contributed by atoms with Crippen molar-refractivity contribution >= 4 is 40.9 Å². The maximum atomic E-state index is 12.0. The molecule has 2 rings (SSSR count). The molecule has 0 fully saturated rings. The standard InChI is InChI=1S/C21H21Cl2NO4/c22-17-11-10-16(13-18(17)23)19(25)14-28-20(26)9-5-2-6-12-24-21(27)15-7-3-1-4-8-15/h1,3-4,7-8,10-11,13H,2,5-6,9,12,14H2,(H,24,27). The zero-order valence-electron chi connectivity index (χ0n) is 15.3. The lowest BCUT2D eigenvalue weighted by molar-refractivity contribution is -0.142. The fraction of sp³-hybridized carbons (Fsp3) is 0.286. The lowest BCUT2D eigenvalue weighted by Gasteiger charge is -2.06. The van der Waals surface area contributed by atoms with E-state index in [0.29, 0.717) is 29.1 Å². The van der Waals surface area contributed by atoms with Crippen molar-refractivity contribution in [1.29, 1.82) is 0 Å². The molecule has 0 aliphatic rings. The highest BCUT2D eigenvalue weighted by Gasteiger charge is 2.11. The summed E-state index contributed by atoms with van der Waals surface area (Å²) in [4.78, 5) is 35.6. The molecule has 0 aliphatic carbocycles. The first kappa shape index (κ1) is 21.9. The highest BCUT2D eigenvalue weighted by Crippen LogP contribution is 2.22. The molecule has 0 saturated carbocycles. The molecular formula is C21H21Cl2NO4.